The number of sulfonamides is 1. The molecule has 1 aliphatic carbocycles. The average Bonchev–Trinajstić information content (AvgIpc) is 3.47. The van der Waals surface area contributed by atoms with Crippen LogP contribution in [0.4, 0.5) is 18.9 Å². The molecule has 3 aromatic carbocycles. The molecule has 7 nitrogen and oxygen atoms in total. The van der Waals surface area contributed by atoms with Crippen LogP contribution < -0.4 is 9.62 Å². The zero-order valence-corrected chi connectivity index (χ0v) is 25.5. The Balaban J connectivity index is 1.75. The Kier molecular flexibility index (Phi) is 10.3. The van der Waals surface area contributed by atoms with Crippen LogP contribution in [-0.4, -0.2) is 43.8 Å². The van der Waals surface area contributed by atoms with Crippen LogP contribution in [0.3, 0.4) is 0 Å². The maximum absolute atomic E-state index is 14.0. The first-order valence-corrected chi connectivity index (χ1v) is 15.8. The number of hydrogen-bond donors (Lipinski definition) is 1. The quantitative estimate of drug-likeness (QED) is 0.264. The van der Waals surface area contributed by atoms with Crippen molar-refractivity contribution in [3.8, 4) is 0 Å². The van der Waals surface area contributed by atoms with E-state index in [4.69, 9.17) is 23.2 Å². The summed E-state index contributed by atoms with van der Waals surface area (Å²) in [7, 11) is -4.55. The molecule has 1 N–H and O–H groups in total. The van der Waals surface area contributed by atoms with E-state index < -0.39 is 56.9 Å². The van der Waals surface area contributed by atoms with Crippen molar-refractivity contribution in [1.82, 2.24) is 10.2 Å². The van der Waals surface area contributed by atoms with Crippen LogP contribution in [0.1, 0.15) is 43.7 Å². The van der Waals surface area contributed by atoms with Crippen LogP contribution in [0.15, 0.2) is 77.7 Å². The molecule has 1 saturated carbocycles. The van der Waals surface area contributed by atoms with Crippen molar-refractivity contribution in [2.24, 2.45) is 0 Å². The third kappa shape index (κ3) is 8.01. The molecule has 13 heteroatoms. The minimum Gasteiger partial charge on any atom is -0.352 e. The first-order chi connectivity index (χ1) is 20.3. The van der Waals surface area contributed by atoms with Crippen molar-refractivity contribution >= 4 is 50.7 Å². The summed E-state index contributed by atoms with van der Waals surface area (Å²) in [5.74, 6) is -1.23. The van der Waals surface area contributed by atoms with Gasteiger partial charge in [0.1, 0.15) is 12.6 Å². The lowest BCUT2D eigenvalue weighted by Crippen LogP contribution is -2.52. The van der Waals surface area contributed by atoms with Crippen molar-refractivity contribution in [2.75, 3.05) is 10.8 Å². The van der Waals surface area contributed by atoms with Crippen molar-refractivity contribution in [2.45, 2.75) is 62.3 Å². The number of amides is 2. The Morgan fingerprint density at radius 2 is 1.65 bits per heavy atom. The lowest BCUT2D eigenvalue weighted by Gasteiger charge is -2.32. The summed E-state index contributed by atoms with van der Waals surface area (Å²) in [6, 6.07) is 15.2. The Labute approximate surface area is 258 Å². The summed E-state index contributed by atoms with van der Waals surface area (Å²) in [6.07, 6.45) is -1.33. The van der Waals surface area contributed by atoms with Gasteiger partial charge in [-0.15, -0.1) is 0 Å². The molecule has 3 aromatic rings. The largest absolute Gasteiger partial charge is 0.417 e. The van der Waals surface area contributed by atoms with Crippen molar-refractivity contribution in [3.05, 3.63) is 94.0 Å². The predicted molar refractivity (Wildman–Crippen MR) is 159 cm³/mol. The molecule has 230 valence electrons. The first-order valence-electron chi connectivity index (χ1n) is 13.6. The van der Waals surface area contributed by atoms with Crippen molar-refractivity contribution < 1.29 is 31.2 Å². The summed E-state index contributed by atoms with van der Waals surface area (Å²) >= 11 is 12.0. The summed E-state index contributed by atoms with van der Waals surface area (Å²) in [4.78, 5) is 28.2. The van der Waals surface area contributed by atoms with E-state index in [9.17, 15) is 31.2 Å². The van der Waals surface area contributed by atoms with Gasteiger partial charge in [0.25, 0.3) is 10.0 Å². The third-order valence-corrected chi connectivity index (χ3v) is 9.62. The van der Waals surface area contributed by atoms with Crippen LogP contribution in [-0.2, 0) is 32.3 Å². The fourth-order valence-electron chi connectivity index (χ4n) is 4.94. The SMILES string of the molecule is CC(C(=O)NC1CCCC1)N(Cc1cccc(Cl)c1)C(=O)CN(c1ccc(Cl)c(C(F)(F)F)c1)S(=O)(=O)c1ccccc1. The Morgan fingerprint density at radius 3 is 2.28 bits per heavy atom. The van der Waals surface area contributed by atoms with Gasteiger partial charge in [0.05, 0.1) is 21.2 Å². The van der Waals surface area contributed by atoms with Gasteiger partial charge in [-0.3, -0.25) is 13.9 Å². The van der Waals surface area contributed by atoms with Crippen molar-refractivity contribution in [1.29, 1.82) is 0 Å². The van der Waals surface area contributed by atoms with Gasteiger partial charge in [0.15, 0.2) is 0 Å². The molecule has 0 saturated heterocycles. The van der Waals surface area contributed by atoms with Gasteiger partial charge < -0.3 is 10.2 Å². The monoisotopic (exact) mass is 655 g/mol. The average molecular weight is 657 g/mol. The molecular weight excluding hydrogens is 626 g/mol. The highest BCUT2D eigenvalue weighted by molar-refractivity contribution is 7.92. The normalized spacial score (nSPS) is 14.7. The topological polar surface area (TPSA) is 86.8 Å². The number of nitrogens with zero attached hydrogens (tertiary/aromatic N) is 2. The zero-order valence-electron chi connectivity index (χ0n) is 23.2. The fraction of sp³-hybridized carbons (Fsp3) is 0.333. The van der Waals surface area contributed by atoms with Gasteiger partial charge >= 0.3 is 6.18 Å². The van der Waals surface area contributed by atoms with Crippen LogP contribution in [0.25, 0.3) is 0 Å². The molecular formula is C30H30Cl2F3N3O4S. The van der Waals surface area contributed by atoms with Crippen LogP contribution in [0.5, 0.6) is 0 Å². The van der Waals surface area contributed by atoms with E-state index in [0.29, 0.717) is 21.0 Å². The Bertz CT molecular complexity index is 1570. The number of nitrogens with one attached hydrogen (secondary N) is 1. The standard InChI is InChI=1S/C30H30Cl2F3N3O4S/c1-20(29(40)36-23-10-5-6-11-23)37(18-21-8-7-9-22(31)16-21)28(39)19-38(43(41,42)25-12-3-2-4-13-25)24-14-15-27(32)26(17-24)30(33,34)35/h2-4,7-9,12-17,20,23H,5-6,10-11,18-19H2,1H3,(H,36,40). The van der Waals surface area contributed by atoms with E-state index in [0.717, 1.165) is 37.8 Å². The molecule has 1 fully saturated rings. The van der Waals surface area contributed by atoms with E-state index in [-0.39, 0.29) is 17.5 Å². The van der Waals surface area contributed by atoms with Crippen LogP contribution >= 0.6 is 23.2 Å². The molecule has 4 rings (SSSR count). The van der Waals surface area contributed by atoms with E-state index >= 15 is 0 Å². The number of hydrogen-bond acceptors (Lipinski definition) is 4. The Morgan fingerprint density at radius 1 is 0.977 bits per heavy atom. The zero-order chi connectivity index (χ0) is 31.4. The maximum atomic E-state index is 14.0. The minimum atomic E-state index is -4.88. The van der Waals surface area contributed by atoms with Gasteiger partial charge in [0, 0.05) is 17.6 Å². The summed E-state index contributed by atoms with van der Waals surface area (Å²) in [5, 5.41) is 2.72. The van der Waals surface area contributed by atoms with E-state index in [2.05, 4.69) is 5.32 Å². The fourth-order valence-corrected chi connectivity index (χ4v) is 6.81. The number of carbonyl (C=O) groups excluding carboxylic acids is 2. The Hall–Kier alpha value is -3.28. The highest BCUT2D eigenvalue weighted by atomic mass is 35.5. The molecule has 43 heavy (non-hydrogen) atoms. The smallest absolute Gasteiger partial charge is 0.352 e. The van der Waals surface area contributed by atoms with Crippen LogP contribution in [0.2, 0.25) is 10.0 Å². The van der Waals surface area contributed by atoms with Crippen molar-refractivity contribution in [3.63, 3.8) is 0 Å². The van der Waals surface area contributed by atoms with Gasteiger partial charge in [0.2, 0.25) is 11.8 Å². The summed E-state index contributed by atoms with van der Waals surface area (Å²) in [5.41, 5.74) is -1.10. The number of benzene rings is 3. The second kappa shape index (κ2) is 13.6. The van der Waals surface area contributed by atoms with Gasteiger partial charge in [-0.25, -0.2) is 8.42 Å². The van der Waals surface area contributed by atoms with E-state index in [1.807, 2.05) is 0 Å². The minimum absolute atomic E-state index is 0.0390. The van der Waals surface area contributed by atoms with E-state index in [1.165, 1.54) is 36.1 Å². The highest BCUT2D eigenvalue weighted by Crippen LogP contribution is 2.38. The molecule has 0 aromatic heterocycles. The molecule has 0 heterocycles. The predicted octanol–water partition coefficient (Wildman–Crippen LogP) is 6.68. The molecule has 0 radical (unpaired) electrons. The van der Waals surface area contributed by atoms with Gasteiger partial charge in [-0.2, -0.15) is 13.2 Å². The third-order valence-electron chi connectivity index (χ3n) is 7.26. The summed E-state index contributed by atoms with van der Waals surface area (Å²) < 4.78 is 69.5. The molecule has 0 spiro atoms. The molecule has 1 atom stereocenters. The second-order valence-corrected chi connectivity index (χ2v) is 13.0. The number of halogens is 5. The number of rotatable bonds is 10. The maximum Gasteiger partial charge on any atom is 0.417 e. The van der Waals surface area contributed by atoms with E-state index in [1.54, 1.807) is 30.3 Å². The lowest BCUT2D eigenvalue weighted by atomic mass is 10.1. The molecule has 0 aliphatic heterocycles. The number of alkyl halides is 3. The number of anilines is 1. The molecule has 1 unspecified atom stereocenters. The summed E-state index contributed by atoms with van der Waals surface area (Å²) in [6.45, 7) is 0.525. The van der Waals surface area contributed by atoms with Crippen LogP contribution in [0, 0.1) is 0 Å². The highest BCUT2D eigenvalue weighted by Gasteiger charge is 2.37. The lowest BCUT2D eigenvalue weighted by molar-refractivity contribution is -0.139. The molecule has 2 amide bonds. The first kappa shape index (κ1) is 32.6. The molecule has 1 aliphatic rings. The second-order valence-electron chi connectivity index (χ2n) is 10.3. The van der Waals surface area contributed by atoms with Gasteiger partial charge in [-0.05, 0) is 67.8 Å². The van der Waals surface area contributed by atoms with Gasteiger partial charge in [-0.1, -0.05) is 66.4 Å². The number of carbonyl (C=O) groups is 2. The molecule has 0 bridgehead atoms.